The molecule has 1 N–H and O–H groups in total. The van der Waals surface area contributed by atoms with Crippen LogP contribution in [0, 0.1) is 11.6 Å². The fraction of sp³-hybridized carbons (Fsp3) is 0.500. The molecule has 3 aromatic rings. The van der Waals surface area contributed by atoms with Gasteiger partial charge in [0.05, 0.1) is 23.7 Å². The van der Waals surface area contributed by atoms with Crippen molar-refractivity contribution in [3.05, 3.63) is 47.2 Å². The van der Waals surface area contributed by atoms with Gasteiger partial charge in [-0.15, -0.1) is 0 Å². The molecule has 0 spiro atoms. The van der Waals surface area contributed by atoms with Gasteiger partial charge in [0, 0.05) is 63.1 Å². The monoisotopic (exact) mass is 670 g/mol. The lowest BCUT2D eigenvalue weighted by molar-refractivity contribution is -0.132. The highest BCUT2D eigenvalue weighted by Gasteiger charge is 2.27. The summed E-state index contributed by atoms with van der Waals surface area (Å²) in [5, 5.41) is 3.11. The summed E-state index contributed by atoms with van der Waals surface area (Å²) < 4.78 is 37.4. The van der Waals surface area contributed by atoms with Gasteiger partial charge in [0.1, 0.15) is 29.2 Å². The number of amides is 3. The lowest BCUT2D eigenvalue weighted by atomic mass is 10.0. The minimum absolute atomic E-state index is 0.00111. The Morgan fingerprint density at radius 1 is 0.915 bits per heavy atom. The average molecular weight is 671 g/mol. The number of carbonyl (C=O) groups is 3. The summed E-state index contributed by atoms with van der Waals surface area (Å²) in [6.45, 7) is 5.76. The van der Waals surface area contributed by atoms with E-state index in [1.165, 1.54) is 18.5 Å². The van der Waals surface area contributed by atoms with E-state index in [0.717, 1.165) is 38.8 Å². The van der Waals surface area contributed by atoms with Crippen LogP contribution in [0.5, 0.6) is 5.75 Å². The van der Waals surface area contributed by atoms with Crippen LogP contribution >= 0.6 is 11.6 Å². The van der Waals surface area contributed by atoms with Crippen molar-refractivity contribution < 1.29 is 27.9 Å². The number of halogens is 3. The Hall–Kier alpha value is -4.06. The molecule has 2 fully saturated rings. The van der Waals surface area contributed by atoms with E-state index in [1.807, 2.05) is 11.8 Å². The van der Waals surface area contributed by atoms with Crippen molar-refractivity contribution >= 4 is 46.0 Å². The van der Waals surface area contributed by atoms with E-state index in [1.54, 1.807) is 21.9 Å². The molecular formula is C34H41ClF2N6O4. The van der Waals surface area contributed by atoms with E-state index in [-0.39, 0.29) is 58.3 Å². The molecule has 2 aromatic carbocycles. The second-order valence-corrected chi connectivity index (χ2v) is 12.3. The fourth-order valence-corrected chi connectivity index (χ4v) is 6.41. The van der Waals surface area contributed by atoms with Crippen molar-refractivity contribution in [3.63, 3.8) is 0 Å². The second-order valence-electron chi connectivity index (χ2n) is 11.9. The summed E-state index contributed by atoms with van der Waals surface area (Å²) in [7, 11) is 0. The summed E-state index contributed by atoms with van der Waals surface area (Å²) in [5.41, 5.74) is -0.200. The number of nitrogens with zero attached hydrogens (tertiary/aromatic N) is 5. The Kier molecular flexibility index (Phi) is 11.8. The van der Waals surface area contributed by atoms with Crippen molar-refractivity contribution in [2.75, 3.05) is 57.3 Å². The van der Waals surface area contributed by atoms with E-state index in [4.69, 9.17) is 16.3 Å². The third-order valence-electron chi connectivity index (χ3n) is 8.71. The lowest BCUT2D eigenvalue weighted by Gasteiger charge is -2.35. The Labute approximate surface area is 278 Å². The zero-order chi connectivity index (χ0) is 33.3. The molecule has 3 heterocycles. The van der Waals surface area contributed by atoms with Crippen molar-refractivity contribution in [1.82, 2.24) is 25.1 Å². The number of fused-ring (bicyclic) bond motifs is 1. The molecular weight excluding hydrogens is 630 g/mol. The maximum Gasteiger partial charge on any atom is 0.241 e. The first-order valence-corrected chi connectivity index (χ1v) is 16.8. The third kappa shape index (κ3) is 8.27. The summed E-state index contributed by atoms with van der Waals surface area (Å²) in [6.07, 6.45) is 6.94. The number of aromatic nitrogens is 2. The highest BCUT2D eigenvalue weighted by molar-refractivity contribution is 6.34. The molecule has 2 saturated heterocycles. The number of unbranched alkanes of at least 4 members (excludes halogenated alkanes) is 3. The summed E-state index contributed by atoms with van der Waals surface area (Å²) in [5.74, 6) is -0.877. The van der Waals surface area contributed by atoms with Gasteiger partial charge in [0.15, 0.2) is 5.82 Å². The van der Waals surface area contributed by atoms with Gasteiger partial charge >= 0.3 is 0 Å². The van der Waals surface area contributed by atoms with Gasteiger partial charge < -0.3 is 24.8 Å². The van der Waals surface area contributed by atoms with Crippen LogP contribution < -0.4 is 15.0 Å². The molecule has 0 saturated carbocycles. The van der Waals surface area contributed by atoms with Gasteiger partial charge in [-0.05, 0) is 43.9 Å². The molecule has 0 aliphatic carbocycles. The number of benzene rings is 2. The minimum Gasteiger partial charge on any atom is -0.493 e. The van der Waals surface area contributed by atoms with Crippen LogP contribution in [0.2, 0.25) is 5.02 Å². The molecule has 3 amide bonds. The summed E-state index contributed by atoms with van der Waals surface area (Å²) in [6, 6.07) is 5.86. The van der Waals surface area contributed by atoms with Crippen molar-refractivity contribution in [1.29, 1.82) is 0 Å². The number of hydrogen-bond donors (Lipinski definition) is 1. The van der Waals surface area contributed by atoms with Crippen LogP contribution in [-0.2, 0) is 14.4 Å². The molecule has 0 radical (unpaired) electrons. The van der Waals surface area contributed by atoms with Gasteiger partial charge in [0.2, 0.25) is 17.7 Å². The Bertz CT molecular complexity index is 1590. The van der Waals surface area contributed by atoms with Crippen molar-refractivity contribution in [3.8, 4) is 16.9 Å². The molecule has 0 bridgehead atoms. The zero-order valence-electron chi connectivity index (χ0n) is 26.7. The Balaban J connectivity index is 1.18. The van der Waals surface area contributed by atoms with E-state index in [9.17, 15) is 14.4 Å². The number of anilines is 1. The van der Waals surface area contributed by atoms with E-state index in [2.05, 4.69) is 15.3 Å². The summed E-state index contributed by atoms with van der Waals surface area (Å²) >= 11 is 6.66. The topological polar surface area (TPSA) is 108 Å². The van der Waals surface area contributed by atoms with Crippen LogP contribution in [0.15, 0.2) is 30.6 Å². The van der Waals surface area contributed by atoms with Gasteiger partial charge in [-0.3, -0.25) is 14.4 Å². The highest BCUT2D eigenvalue weighted by atomic mass is 35.5. The number of nitrogens with one attached hydrogen (secondary N) is 1. The Morgan fingerprint density at radius 2 is 1.64 bits per heavy atom. The number of likely N-dealkylation sites (tertiary alicyclic amines) is 1. The number of hydrogen-bond acceptors (Lipinski definition) is 7. The van der Waals surface area contributed by atoms with Crippen molar-refractivity contribution in [2.45, 2.75) is 58.3 Å². The molecule has 13 heteroatoms. The quantitative estimate of drug-likeness (QED) is 0.244. The fourth-order valence-electron chi connectivity index (χ4n) is 6.12. The number of piperazine rings is 1. The molecule has 47 heavy (non-hydrogen) atoms. The first-order valence-electron chi connectivity index (χ1n) is 16.4. The number of ether oxygens (including phenoxy) is 1. The average Bonchev–Trinajstić information content (AvgIpc) is 3.63. The predicted molar refractivity (Wildman–Crippen MR) is 176 cm³/mol. The first-order chi connectivity index (χ1) is 22.8. The highest BCUT2D eigenvalue weighted by Crippen LogP contribution is 2.42. The largest absolute Gasteiger partial charge is 0.493 e. The van der Waals surface area contributed by atoms with E-state index < -0.39 is 11.6 Å². The normalized spacial score (nSPS) is 14.9. The summed E-state index contributed by atoms with van der Waals surface area (Å²) in [4.78, 5) is 50.4. The molecule has 2 aliphatic heterocycles. The van der Waals surface area contributed by atoms with Gasteiger partial charge in [-0.2, -0.15) is 0 Å². The maximum absolute atomic E-state index is 16.2. The first kappa shape index (κ1) is 34.3. The van der Waals surface area contributed by atoms with Crippen LogP contribution in [0.4, 0.5) is 14.6 Å². The molecule has 5 rings (SSSR count). The maximum atomic E-state index is 16.2. The van der Waals surface area contributed by atoms with Gasteiger partial charge in [0.25, 0.3) is 0 Å². The van der Waals surface area contributed by atoms with Crippen molar-refractivity contribution in [2.24, 2.45) is 0 Å². The molecule has 252 valence electrons. The zero-order valence-corrected chi connectivity index (χ0v) is 27.5. The number of rotatable bonds is 13. The third-order valence-corrected chi connectivity index (χ3v) is 9.01. The Morgan fingerprint density at radius 3 is 2.38 bits per heavy atom. The standard InChI is InChI=1S/C34H41ClF2N6O4/c1-2-28(45)42-15-17-43(18-16-42)34-23-20-24(35)30(32(37)33(23)39-22-40-34)31-25(36)10-9-11-26(31)47-19-8-4-3-5-12-27(44)38-21-29(46)41-13-6-7-14-41/h9-11,20,22H,2-8,12-19,21H2,1H3,(H,38,44). The van der Waals surface area contributed by atoms with E-state index >= 15 is 8.78 Å². The van der Waals surface area contributed by atoms with Crippen LogP contribution in [0.25, 0.3) is 22.0 Å². The predicted octanol–water partition coefficient (Wildman–Crippen LogP) is 5.35. The molecule has 0 atom stereocenters. The smallest absolute Gasteiger partial charge is 0.241 e. The lowest BCUT2D eigenvalue weighted by Crippen LogP contribution is -2.48. The van der Waals surface area contributed by atoms with Crippen LogP contribution in [-0.4, -0.2) is 89.9 Å². The van der Waals surface area contributed by atoms with Gasteiger partial charge in [-0.1, -0.05) is 37.4 Å². The molecule has 2 aliphatic rings. The molecule has 10 nitrogen and oxygen atoms in total. The second kappa shape index (κ2) is 16.2. The minimum atomic E-state index is -0.772. The number of carbonyl (C=O) groups excluding carboxylic acids is 3. The van der Waals surface area contributed by atoms with E-state index in [0.29, 0.717) is 63.1 Å². The molecule has 0 unspecified atom stereocenters. The van der Waals surface area contributed by atoms with Gasteiger partial charge in [-0.25, -0.2) is 18.7 Å². The van der Waals surface area contributed by atoms with Crippen LogP contribution in [0.3, 0.4) is 0 Å². The SMILES string of the molecule is CCC(=O)N1CCN(c2ncnc3c(F)c(-c4c(F)cccc4OCCCCCCC(=O)NCC(=O)N4CCCC4)c(Cl)cc23)CC1. The van der Waals surface area contributed by atoms with Crippen LogP contribution in [0.1, 0.15) is 58.3 Å². The molecule has 1 aromatic heterocycles.